The molecule has 0 spiro atoms. The number of hydrogen-bond donors (Lipinski definition) is 2. The molecular formula is C14H20N2O3S. The first-order valence-electron chi connectivity index (χ1n) is 6.87. The van der Waals surface area contributed by atoms with Crippen molar-refractivity contribution < 1.29 is 14.7 Å². The van der Waals surface area contributed by atoms with Crippen LogP contribution >= 0.6 is 11.8 Å². The molecule has 2 fully saturated rings. The summed E-state index contributed by atoms with van der Waals surface area (Å²) in [6, 6.07) is -0.152. The first-order valence-corrected chi connectivity index (χ1v) is 8.03. The molecule has 1 aliphatic heterocycles. The maximum absolute atomic E-state index is 12.0. The van der Waals surface area contributed by atoms with Gasteiger partial charge in [-0.2, -0.15) is 0 Å². The molecule has 1 heterocycles. The number of likely N-dealkylation sites (tertiary alicyclic amines) is 1. The van der Waals surface area contributed by atoms with E-state index in [1.807, 2.05) is 0 Å². The van der Waals surface area contributed by atoms with Crippen molar-refractivity contribution in [3.05, 3.63) is 0 Å². The lowest BCUT2D eigenvalue weighted by Crippen LogP contribution is -2.42. The number of amides is 2. The maximum Gasteiger partial charge on any atom is 0.317 e. The van der Waals surface area contributed by atoms with Crippen molar-refractivity contribution >= 4 is 23.8 Å². The van der Waals surface area contributed by atoms with Gasteiger partial charge in [0.25, 0.3) is 0 Å². The normalized spacial score (nSPS) is 27.9. The largest absolute Gasteiger partial charge is 0.481 e. The molecule has 20 heavy (non-hydrogen) atoms. The first-order chi connectivity index (χ1) is 9.60. The number of rotatable bonds is 5. The second kappa shape index (κ2) is 6.40. The molecule has 0 aromatic heterocycles. The van der Waals surface area contributed by atoms with Crippen LogP contribution in [0.3, 0.4) is 0 Å². The summed E-state index contributed by atoms with van der Waals surface area (Å²) in [7, 11) is 0. The number of thioether (sulfide) groups is 1. The molecule has 2 aliphatic rings. The van der Waals surface area contributed by atoms with Crippen LogP contribution in [0.15, 0.2) is 0 Å². The van der Waals surface area contributed by atoms with Crippen molar-refractivity contribution in [2.75, 3.05) is 31.1 Å². The van der Waals surface area contributed by atoms with E-state index in [1.54, 1.807) is 16.7 Å². The number of terminal acetylenes is 1. The second-order valence-corrected chi connectivity index (χ2v) is 6.52. The third-order valence-electron chi connectivity index (χ3n) is 4.29. The quantitative estimate of drug-likeness (QED) is 0.592. The lowest BCUT2D eigenvalue weighted by atomic mass is 9.81. The van der Waals surface area contributed by atoms with E-state index in [2.05, 4.69) is 11.2 Å². The van der Waals surface area contributed by atoms with E-state index in [-0.39, 0.29) is 11.9 Å². The number of fused-ring (bicyclic) bond motifs is 1. The van der Waals surface area contributed by atoms with Gasteiger partial charge in [-0.3, -0.25) is 4.79 Å². The van der Waals surface area contributed by atoms with E-state index in [0.717, 1.165) is 18.6 Å². The van der Waals surface area contributed by atoms with Crippen molar-refractivity contribution in [1.29, 1.82) is 0 Å². The summed E-state index contributed by atoms with van der Waals surface area (Å²) in [4.78, 5) is 25.2. The smallest absolute Gasteiger partial charge is 0.317 e. The van der Waals surface area contributed by atoms with Crippen LogP contribution in [0.1, 0.15) is 19.3 Å². The molecule has 2 amide bonds. The van der Waals surface area contributed by atoms with E-state index in [1.165, 1.54) is 0 Å². The molecular weight excluding hydrogens is 276 g/mol. The van der Waals surface area contributed by atoms with Crippen LogP contribution in [0.25, 0.3) is 0 Å². The molecule has 0 aromatic rings. The summed E-state index contributed by atoms with van der Waals surface area (Å²) in [5.41, 5.74) is -0.699. The maximum atomic E-state index is 12.0. The fraction of sp³-hybridized carbons (Fsp3) is 0.714. The summed E-state index contributed by atoms with van der Waals surface area (Å²) >= 11 is 1.60. The Kier molecular flexibility index (Phi) is 4.81. The lowest BCUT2D eigenvalue weighted by molar-refractivity contribution is -0.149. The van der Waals surface area contributed by atoms with E-state index >= 15 is 0 Å². The molecule has 1 saturated carbocycles. The minimum absolute atomic E-state index is 0.113. The van der Waals surface area contributed by atoms with Gasteiger partial charge in [-0.25, -0.2) is 4.79 Å². The molecule has 5 nitrogen and oxygen atoms in total. The highest BCUT2D eigenvalue weighted by atomic mass is 32.2. The average molecular weight is 296 g/mol. The zero-order chi connectivity index (χ0) is 14.6. The zero-order valence-corrected chi connectivity index (χ0v) is 12.2. The number of carbonyl (C=O) groups is 2. The highest BCUT2D eigenvalue weighted by molar-refractivity contribution is 7.99. The Labute approximate surface area is 123 Å². The SMILES string of the molecule is C#CCSCCNC(=O)N1C[C@@H]2CCC[C@@]2(C(=O)O)C1. The number of hydrogen-bond acceptors (Lipinski definition) is 3. The topological polar surface area (TPSA) is 69.6 Å². The van der Waals surface area contributed by atoms with Crippen LogP contribution in [-0.4, -0.2) is 53.1 Å². The van der Waals surface area contributed by atoms with E-state index in [4.69, 9.17) is 6.42 Å². The Morgan fingerprint density at radius 1 is 1.55 bits per heavy atom. The summed E-state index contributed by atoms with van der Waals surface area (Å²) in [6.07, 6.45) is 7.70. The number of nitrogens with zero attached hydrogens (tertiary/aromatic N) is 1. The molecule has 6 heteroatoms. The van der Waals surface area contributed by atoms with Crippen LogP contribution in [0.4, 0.5) is 4.79 Å². The van der Waals surface area contributed by atoms with Crippen LogP contribution in [0.2, 0.25) is 0 Å². The Hall–Kier alpha value is -1.35. The van der Waals surface area contributed by atoms with Gasteiger partial charge < -0.3 is 15.3 Å². The summed E-state index contributed by atoms with van der Waals surface area (Å²) in [5, 5.41) is 12.3. The van der Waals surface area contributed by atoms with Crippen molar-refractivity contribution in [1.82, 2.24) is 10.2 Å². The minimum Gasteiger partial charge on any atom is -0.481 e. The summed E-state index contributed by atoms with van der Waals surface area (Å²) in [6.45, 7) is 1.47. The first kappa shape index (κ1) is 15.0. The molecule has 0 unspecified atom stereocenters. The predicted molar refractivity (Wildman–Crippen MR) is 78.5 cm³/mol. The predicted octanol–water partition coefficient (Wildman–Crippen LogP) is 1.25. The third kappa shape index (κ3) is 2.88. The number of carboxylic acids is 1. The Bertz CT molecular complexity index is 435. The highest BCUT2D eigenvalue weighted by Crippen LogP contribution is 2.48. The Morgan fingerprint density at radius 2 is 2.35 bits per heavy atom. The molecule has 2 rings (SSSR count). The van der Waals surface area contributed by atoms with E-state index < -0.39 is 11.4 Å². The lowest BCUT2D eigenvalue weighted by Gasteiger charge is -2.23. The number of carbonyl (C=O) groups excluding carboxylic acids is 1. The highest BCUT2D eigenvalue weighted by Gasteiger charge is 2.55. The van der Waals surface area contributed by atoms with Crippen LogP contribution in [-0.2, 0) is 4.79 Å². The van der Waals surface area contributed by atoms with Crippen molar-refractivity contribution in [2.24, 2.45) is 11.3 Å². The van der Waals surface area contributed by atoms with Crippen LogP contribution in [0.5, 0.6) is 0 Å². The van der Waals surface area contributed by atoms with Gasteiger partial charge in [-0.15, -0.1) is 18.2 Å². The van der Waals surface area contributed by atoms with Crippen molar-refractivity contribution in [3.63, 3.8) is 0 Å². The molecule has 110 valence electrons. The molecule has 2 atom stereocenters. The van der Waals surface area contributed by atoms with Crippen molar-refractivity contribution in [3.8, 4) is 12.3 Å². The number of aliphatic carboxylic acids is 1. The van der Waals surface area contributed by atoms with Gasteiger partial charge in [0, 0.05) is 25.4 Å². The standard InChI is InChI=1S/C14H20N2O3S/c1-2-7-20-8-6-15-13(19)16-9-11-4-3-5-14(11,10-16)12(17)18/h1,11H,3-10H2,(H,15,19)(H,17,18)/t11-,14+/m0/s1. The third-order valence-corrected chi connectivity index (χ3v) is 5.16. The molecule has 0 radical (unpaired) electrons. The van der Waals surface area contributed by atoms with E-state index in [9.17, 15) is 14.7 Å². The minimum atomic E-state index is -0.750. The fourth-order valence-electron chi connectivity index (χ4n) is 3.27. The Morgan fingerprint density at radius 3 is 3.00 bits per heavy atom. The van der Waals surface area contributed by atoms with Gasteiger partial charge in [0.15, 0.2) is 0 Å². The number of urea groups is 1. The molecule has 1 aliphatic carbocycles. The molecule has 0 bridgehead atoms. The van der Waals surface area contributed by atoms with Gasteiger partial charge >= 0.3 is 12.0 Å². The molecule has 0 aromatic carbocycles. The van der Waals surface area contributed by atoms with Gasteiger partial charge in [-0.1, -0.05) is 12.3 Å². The van der Waals surface area contributed by atoms with E-state index in [0.29, 0.717) is 31.8 Å². The summed E-state index contributed by atoms with van der Waals surface area (Å²) in [5.74, 6) is 3.31. The van der Waals surface area contributed by atoms with Gasteiger partial charge in [0.05, 0.1) is 11.2 Å². The van der Waals surface area contributed by atoms with Gasteiger partial charge in [-0.05, 0) is 18.8 Å². The monoisotopic (exact) mass is 296 g/mol. The second-order valence-electron chi connectivity index (χ2n) is 5.42. The zero-order valence-electron chi connectivity index (χ0n) is 11.4. The fourth-order valence-corrected chi connectivity index (χ4v) is 3.78. The average Bonchev–Trinajstić information content (AvgIpc) is 2.95. The number of nitrogens with one attached hydrogen (secondary N) is 1. The van der Waals surface area contributed by atoms with Gasteiger partial charge in [0.2, 0.25) is 0 Å². The molecule has 1 saturated heterocycles. The van der Waals surface area contributed by atoms with Gasteiger partial charge in [0.1, 0.15) is 0 Å². The number of carboxylic acid groups (broad SMARTS) is 1. The molecule has 2 N–H and O–H groups in total. The summed E-state index contributed by atoms with van der Waals surface area (Å²) < 4.78 is 0. The Balaban J connectivity index is 1.82. The van der Waals surface area contributed by atoms with Crippen LogP contribution < -0.4 is 5.32 Å². The van der Waals surface area contributed by atoms with Crippen molar-refractivity contribution in [2.45, 2.75) is 19.3 Å². The van der Waals surface area contributed by atoms with Crippen LogP contribution in [0, 0.1) is 23.7 Å².